The minimum Gasteiger partial charge on any atom is -0.440 e. The highest BCUT2D eigenvalue weighted by Crippen LogP contribution is 2.29. The van der Waals surface area contributed by atoms with Crippen molar-refractivity contribution in [3.05, 3.63) is 30.2 Å². The number of hydrogen-bond acceptors (Lipinski definition) is 3. The zero-order valence-electron chi connectivity index (χ0n) is 15.4. The Morgan fingerprint density at radius 2 is 2.00 bits per heavy atom. The van der Waals surface area contributed by atoms with Crippen LogP contribution in [0.1, 0.15) is 76.5 Å². The van der Waals surface area contributed by atoms with Crippen molar-refractivity contribution >= 4 is 17.0 Å². The lowest BCUT2D eigenvalue weighted by Crippen LogP contribution is -2.39. The summed E-state index contributed by atoms with van der Waals surface area (Å²) in [5.74, 6) is 1.32. The highest BCUT2D eigenvalue weighted by atomic mass is 16.3. The molecule has 1 amide bonds. The van der Waals surface area contributed by atoms with E-state index in [0.29, 0.717) is 12.3 Å². The molecule has 2 heterocycles. The Bertz CT molecular complexity index is 646. The third-order valence-electron chi connectivity index (χ3n) is 5.18. The molecule has 3 rings (SSSR count). The summed E-state index contributed by atoms with van der Waals surface area (Å²) in [6, 6.07) is 7.88. The summed E-state index contributed by atoms with van der Waals surface area (Å²) in [7, 11) is 0. The Labute approximate surface area is 150 Å². The number of unbranched alkanes of at least 4 members (excludes halogenated alkanes) is 5. The average molecular weight is 342 g/mol. The number of oxazole rings is 1. The van der Waals surface area contributed by atoms with Crippen LogP contribution in [0.5, 0.6) is 0 Å². The number of para-hydroxylation sites is 2. The molecular formula is C21H30N2O2. The molecule has 1 saturated heterocycles. The topological polar surface area (TPSA) is 46.3 Å². The largest absolute Gasteiger partial charge is 0.440 e. The van der Waals surface area contributed by atoms with Gasteiger partial charge in [0.25, 0.3) is 0 Å². The van der Waals surface area contributed by atoms with E-state index in [1.807, 2.05) is 29.2 Å². The minimum absolute atomic E-state index is 0.231. The van der Waals surface area contributed by atoms with Crippen molar-refractivity contribution in [1.82, 2.24) is 9.88 Å². The van der Waals surface area contributed by atoms with Gasteiger partial charge in [-0.2, -0.15) is 0 Å². The van der Waals surface area contributed by atoms with E-state index in [1.54, 1.807) is 0 Å². The molecule has 4 nitrogen and oxygen atoms in total. The van der Waals surface area contributed by atoms with Gasteiger partial charge in [0.1, 0.15) is 5.52 Å². The van der Waals surface area contributed by atoms with Gasteiger partial charge in [-0.3, -0.25) is 4.79 Å². The zero-order valence-corrected chi connectivity index (χ0v) is 15.4. The molecule has 0 radical (unpaired) electrons. The number of piperidine rings is 1. The molecule has 0 bridgehead atoms. The SMILES string of the molecule is CCCCCCCCC(=O)N1CCCC(c2nc3ccccc3o2)C1. The second-order valence-corrected chi connectivity index (χ2v) is 7.22. The average Bonchev–Trinajstić information content (AvgIpc) is 3.09. The quantitative estimate of drug-likeness (QED) is 0.613. The lowest BCUT2D eigenvalue weighted by atomic mass is 9.97. The van der Waals surface area contributed by atoms with Gasteiger partial charge in [-0.15, -0.1) is 0 Å². The van der Waals surface area contributed by atoms with Crippen molar-refractivity contribution in [2.75, 3.05) is 13.1 Å². The van der Waals surface area contributed by atoms with E-state index in [-0.39, 0.29) is 5.92 Å². The Hall–Kier alpha value is -1.84. The molecule has 1 unspecified atom stereocenters. The van der Waals surface area contributed by atoms with Crippen LogP contribution in [0.3, 0.4) is 0 Å². The number of aromatic nitrogens is 1. The van der Waals surface area contributed by atoms with Crippen LogP contribution >= 0.6 is 0 Å². The summed E-state index contributed by atoms with van der Waals surface area (Å²) in [6.45, 7) is 3.86. The standard InChI is InChI=1S/C21H30N2O2/c1-2-3-4-5-6-7-14-20(24)23-15-10-11-17(16-23)21-22-18-12-8-9-13-19(18)25-21/h8-9,12-13,17H,2-7,10-11,14-16H2,1H3. The monoisotopic (exact) mass is 342 g/mol. The third-order valence-corrected chi connectivity index (χ3v) is 5.18. The number of amides is 1. The van der Waals surface area contributed by atoms with Crippen molar-refractivity contribution in [2.45, 2.75) is 70.6 Å². The Morgan fingerprint density at radius 3 is 2.84 bits per heavy atom. The van der Waals surface area contributed by atoms with Crippen LogP contribution < -0.4 is 0 Å². The Kier molecular flexibility index (Phi) is 6.48. The summed E-state index contributed by atoms with van der Waals surface area (Å²) < 4.78 is 5.92. The maximum Gasteiger partial charge on any atom is 0.222 e. The van der Waals surface area contributed by atoms with E-state index in [1.165, 1.54) is 32.1 Å². The smallest absolute Gasteiger partial charge is 0.222 e. The molecule has 0 N–H and O–H groups in total. The molecule has 2 aromatic rings. The van der Waals surface area contributed by atoms with Crippen molar-refractivity contribution < 1.29 is 9.21 Å². The Morgan fingerprint density at radius 1 is 1.20 bits per heavy atom. The number of carbonyl (C=O) groups is 1. The highest BCUT2D eigenvalue weighted by Gasteiger charge is 2.27. The van der Waals surface area contributed by atoms with Crippen molar-refractivity contribution in [1.29, 1.82) is 0 Å². The lowest BCUT2D eigenvalue weighted by molar-refractivity contribution is -0.132. The van der Waals surface area contributed by atoms with E-state index in [4.69, 9.17) is 4.42 Å². The molecule has 25 heavy (non-hydrogen) atoms. The van der Waals surface area contributed by atoms with Gasteiger partial charge < -0.3 is 9.32 Å². The number of rotatable bonds is 8. The number of nitrogens with zero attached hydrogens (tertiary/aromatic N) is 2. The molecule has 136 valence electrons. The number of carbonyl (C=O) groups excluding carboxylic acids is 1. The zero-order chi connectivity index (χ0) is 17.5. The van der Waals surface area contributed by atoms with Crippen LogP contribution in [-0.4, -0.2) is 28.9 Å². The molecule has 1 aromatic heterocycles. The van der Waals surface area contributed by atoms with E-state index in [9.17, 15) is 4.79 Å². The van der Waals surface area contributed by atoms with Crippen LogP contribution in [0.15, 0.2) is 28.7 Å². The second-order valence-electron chi connectivity index (χ2n) is 7.22. The molecule has 0 spiro atoms. The first-order valence-electron chi connectivity index (χ1n) is 9.91. The highest BCUT2D eigenvalue weighted by molar-refractivity contribution is 5.76. The summed E-state index contributed by atoms with van der Waals surface area (Å²) in [4.78, 5) is 19.2. The first-order valence-corrected chi connectivity index (χ1v) is 9.91. The van der Waals surface area contributed by atoms with Crippen LogP contribution in [0.25, 0.3) is 11.1 Å². The molecule has 1 atom stereocenters. The first-order chi connectivity index (χ1) is 12.3. The number of hydrogen-bond donors (Lipinski definition) is 0. The molecule has 1 aromatic carbocycles. The fourth-order valence-electron chi connectivity index (χ4n) is 3.68. The number of likely N-dealkylation sites (tertiary alicyclic amines) is 1. The fourth-order valence-corrected chi connectivity index (χ4v) is 3.68. The predicted molar refractivity (Wildman–Crippen MR) is 101 cm³/mol. The number of fused-ring (bicyclic) bond motifs is 1. The van der Waals surface area contributed by atoms with Crippen molar-refractivity contribution in [3.63, 3.8) is 0 Å². The van der Waals surface area contributed by atoms with Crippen molar-refractivity contribution in [3.8, 4) is 0 Å². The van der Waals surface area contributed by atoms with Gasteiger partial charge in [-0.25, -0.2) is 4.98 Å². The lowest BCUT2D eigenvalue weighted by Gasteiger charge is -2.31. The molecular weight excluding hydrogens is 312 g/mol. The van der Waals surface area contributed by atoms with Crippen LogP contribution in [0, 0.1) is 0 Å². The summed E-state index contributed by atoms with van der Waals surface area (Å²) in [6.07, 6.45) is 10.1. The minimum atomic E-state index is 0.231. The van der Waals surface area contributed by atoms with E-state index in [2.05, 4.69) is 11.9 Å². The summed E-state index contributed by atoms with van der Waals surface area (Å²) in [5, 5.41) is 0. The van der Waals surface area contributed by atoms with E-state index >= 15 is 0 Å². The molecule has 4 heteroatoms. The first kappa shape index (κ1) is 18.0. The number of benzene rings is 1. The summed E-state index contributed by atoms with van der Waals surface area (Å²) in [5.41, 5.74) is 1.75. The molecule has 0 aliphatic carbocycles. The van der Waals surface area contributed by atoms with Gasteiger partial charge in [0.2, 0.25) is 5.91 Å². The van der Waals surface area contributed by atoms with Crippen LogP contribution in [-0.2, 0) is 4.79 Å². The van der Waals surface area contributed by atoms with E-state index < -0.39 is 0 Å². The molecule has 1 aliphatic heterocycles. The maximum absolute atomic E-state index is 12.5. The predicted octanol–water partition coefficient (Wildman–Crippen LogP) is 5.28. The van der Waals surface area contributed by atoms with Crippen molar-refractivity contribution in [2.24, 2.45) is 0 Å². The normalized spacial score (nSPS) is 18.0. The molecule has 0 saturated carbocycles. The van der Waals surface area contributed by atoms with Crippen LogP contribution in [0.2, 0.25) is 0 Å². The van der Waals surface area contributed by atoms with Gasteiger partial charge in [-0.1, -0.05) is 51.2 Å². The maximum atomic E-state index is 12.5. The molecule has 1 aliphatic rings. The van der Waals surface area contributed by atoms with Crippen LogP contribution in [0.4, 0.5) is 0 Å². The fraction of sp³-hybridized carbons (Fsp3) is 0.619. The Balaban J connectivity index is 1.49. The van der Waals surface area contributed by atoms with Gasteiger partial charge >= 0.3 is 0 Å². The van der Waals surface area contributed by atoms with E-state index in [0.717, 1.165) is 49.3 Å². The second kappa shape index (κ2) is 9.02. The summed E-state index contributed by atoms with van der Waals surface area (Å²) >= 11 is 0. The third kappa shape index (κ3) is 4.83. The molecule has 1 fully saturated rings. The van der Waals surface area contributed by atoms with Gasteiger partial charge in [-0.05, 0) is 31.4 Å². The van der Waals surface area contributed by atoms with Gasteiger partial charge in [0.15, 0.2) is 11.5 Å². The van der Waals surface area contributed by atoms with Gasteiger partial charge in [0.05, 0.1) is 5.92 Å². The van der Waals surface area contributed by atoms with Gasteiger partial charge in [0, 0.05) is 19.5 Å².